The summed E-state index contributed by atoms with van der Waals surface area (Å²) in [6.07, 6.45) is 0.662. The van der Waals surface area contributed by atoms with Crippen molar-refractivity contribution in [2.45, 2.75) is 12.2 Å². The first-order chi connectivity index (χ1) is 13.2. The molecule has 6 nitrogen and oxygen atoms in total. The molecule has 7 heteroatoms. The summed E-state index contributed by atoms with van der Waals surface area (Å²) in [7, 11) is 1.61. The van der Waals surface area contributed by atoms with Crippen LogP contribution in [0.2, 0.25) is 0 Å². The molecule has 1 saturated heterocycles. The predicted molar refractivity (Wildman–Crippen MR) is 103 cm³/mol. The van der Waals surface area contributed by atoms with Gasteiger partial charge in [0.1, 0.15) is 0 Å². The second-order valence-corrected chi connectivity index (χ2v) is 7.20. The molecule has 0 bridgehead atoms. The number of hydrogen-bond donors (Lipinski definition) is 0. The molecule has 2 aliphatic heterocycles. The Labute approximate surface area is 166 Å². The zero-order chi connectivity index (χ0) is 18.9. The zero-order valence-electron chi connectivity index (χ0n) is 14.9. The van der Waals surface area contributed by atoms with Gasteiger partial charge < -0.3 is 23.8 Å². The Balaban J connectivity index is 1.46. The molecule has 1 amide bonds. The smallest absolute Gasteiger partial charge is 0.292 e. The van der Waals surface area contributed by atoms with E-state index in [1.165, 1.54) is 0 Å². The molecule has 2 aliphatic rings. The lowest BCUT2D eigenvalue weighted by molar-refractivity contribution is -0.180. The van der Waals surface area contributed by atoms with Crippen molar-refractivity contribution in [2.24, 2.45) is 0 Å². The number of hydrogen-bond acceptors (Lipinski definition) is 5. The molecule has 27 heavy (non-hydrogen) atoms. The van der Waals surface area contributed by atoms with Gasteiger partial charge in [-0.05, 0) is 36.8 Å². The summed E-state index contributed by atoms with van der Waals surface area (Å²) in [5.41, 5.74) is 1.58. The molecule has 2 heterocycles. The lowest BCUT2D eigenvalue weighted by atomic mass is 10.1. The topological polar surface area (TPSA) is 57.2 Å². The van der Waals surface area contributed by atoms with E-state index in [1.807, 2.05) is 42.5 Å². The van der Waals surface area contributed by atoms with E-state index in [0.29, 0.717) is 44.3 Å². The highest BCUT2D eigenvalue weighted by Gasteiger charge is 2.55. The van der Waals surface area contributed by atoms with Crippen LogP contribution < -0.4 is 14.4 Å². The lowest BCUT2D eigenvalue weighted by Gasteiger charge is -2.22. The quantitative estimate of drug-likeness (QED) is 0.652. The van der Waals surface area contributed by atoms with Crippen LogP contribution in [0.4, 0.5) is 5.69 Å². The van der Waals surface area contributed by atoms with E-state index in [-0.39, 0.29) is 5.91 Å². The first-order valence-corrected chi connectivity index (χ1v) is 9.61. The third-order valence-corrected chi connectivity index (χ3v) is 5.17. The maximum atomic E-state index is 13.1. The van der Waals surface area contributed by atoms with Crippen molar-refractivity contribution >= 4 is 27.5 Å². The number of amides is 1. The fraction of sp³-hybridized carbons (Fsp3) is 0.350. The van der Waals surface area contributed by atoms with Gasteiger partial charge in [-0.25, -0.2) is 0 Å². The molecule has 1 fully saturated rings. The van der Waals surface area contributed by atoms with Crippen molar-refractivity contribution < 1.29 is 23.7 Å². The summed E-state index contributed by atoms with van der Waals surface area (Å²) in [4.78, 5) is 14.8. The number of nitrogens with zero attached hydrogens (tertiary/aromatic N) is 1. The molecular weight excluding hydrogens is 414 g/mol. The van der Waals surface area contributed by atoms with Crippen LogP contribution in [0.25, 0.3) is 0 Å². The average Bonchev–Trinajstić information content (AvgIpc) is 3.26. The highest BCUT2D eigenvalue weighted by atomic mass is 79.9. The Morgan fingerprint density at radius 2 is 1.89 bits per heavy atom. The van der Waals surface area contributed by atoms with E-state index in [4.69, 9.17) is 18.9 Å². The maximum Gasteiger partial charge on any atom is 0.292 e. The molecule has 0 radical (unpaired) electrons. The molecule has 0 saturated carbocycles. The average molecular weight is 434 g/mol. The Hall–Kier alpha value is -2.09. The van der Waals surface area contributed by atoms with E-state index < -0.39 is 5.79 Å². The molecular formula is C20H20BrNO5. The number of rotatable bonds is 6. The van der Waals surface area contributed by atoms with Crippen molar-refractivity contribution in [1.29, 1.82) is 0 Å². The van der Waals surface area contributed by atoms with Gasteiger partial charge in [-0.3, -0.25) is 4.79 Å². The molecule has 2 aromatic rings. The summed E-state index contributed by atoms with van der Waals surface area (Å²) < 4.78 is 23.5. The van der Waals surface area contributed by atoms with Crippen LogP contribution in [-0.4, -0.2) is 39.4 Å². The summed E-state index contributed by atoms with van der Waals surface area (Å²) in [5.74, 6) is -0.0964. The largest absolute Gasteiger partial charge is 0.493 e. The molecule has 0 aliphatic carbocycles. The van der Waals surface area contributed by atoms with Crippen LogP contribution in [0.3, 0.4) is 0 Å². The Kier molecular flexibility index (Phi) is 5.08. The van der Waals surface area contributed by atoms with Gasteiger partial charge in [0, 0.05) is 16.6 Å². The number of carbonyl (C=O) groups is 1. The summed E-state index contributed by atoms with van der Waals surface area (Å²) in [6.45, 7) is 1.78. The zero-order valence-corrected chi connectivity index (χ0v) is 16.5. The normalized spacial score (nSPS) is 17.4. The van der Waals surface area contributed by atoms with Gasteiger partial charge >= 0.3 is 0 Å². The second kappa shape index (κ2) is 7.50. The number of anilines is 1. The molecule has 0 aromatic heterocycles. The molecule has 142 valence electrons. The number of ether oxygens (including phenoxy) is 4. The van der Waals surface area contributed by atoms with Gasteiger partial charge in [-0.1, -0.05) is 28.1 Å². The highest BCUT2D eigenvalue weighted by molar-refractivity contribution is 9.10. The van der Waals surface area contributed by atoms with Crippen molar-refractivity contribution in [1.82, 2.24) is 0 Å². The van der Waals surface area contributed by atoms with E-state index in [9.17, 15) is 4.79 Å². The standard InChI is InChI=1S/C20H20BrNO5/c1-24-17-5-2-3-6-18(17)25-10-4-9-22-16-8-7-14(21)13-15(16)20(19(22)23)26-11-12-27-20/h2-3,5-8,13H,4,9-12H2,1H3. The highest BCUT2D eigenvalue weighted by Crippen LogP contribution is 2.46. The van der Waals surface area contributed by atoms with Crippen molar-refractivity contribution in [3.8, 4) is 11.5 Å². The fourth-order valence-electron chi connectivity index (χ4n) is 3.47. The minimum atomic E-state index is -1.30. The van der Waals surface area contributed by atoms with Crippen molar-refractivity contribution in [2.75, 3.05) is 38.4 Å². The van der Waals surface area contributed by atoms with Crippen molar-refractivity contribution in [3.05, 3.63) is 52.5 Å². The number of para-hydroxylation sites is 2. The van der Waals surface area contributed by atoms with Crippen LogP contribution in [0.15, 0.2) is 46.9 Å². The van der Waals surface area contributed by atoms with Crippen LogP contribution in [0.1, 0.15) is 12.0 Å². The molecule has 4 rings (SSSR count). The van der Waals surface area contributed by atoms with Crippen molar-refractivity contribution in [3.63, 3.8) is 0 Å². The Bertz CT molecular complexity index is 850. The SMILES string of the molecule is COc1ccccc1OCCCN1C(=O)C2(OCCO2)c2cc(Br)ccc21. The van der Waals surface area contributed by atoms with Crippen LogP contribution >= 0.6 is 15.9 Å². The van der Waals surface area contributed by atoms with Crippen LogP contribution in [0, 0.1) is 0 Å². The van der Waals surface area contributed by atoms with Crippen LogP contribution in [-0.2, 0) is 20.1 Å². The summed E-state index contributed by atoms with van der Waals surface area (Å²) in [6, 6.07) is 13.2. The number of fused-ring (bicyclic) bond motifs is 2. The molecule has 0 N–H and O–H groups in total. The number of halogens is 1. The molecule has 0 atom stereocenters. The van der Waals surface area contributed by atoms with Gasteiger partial charge in [-0.2, -0.15) is 0 Å². The predicted octanol–water partition coefficient (Wildman–Crippen LogP) is 3.47. The van der Waals surface area contributed by atoms with E-state index in [1.54, 1.807) is 12.0 Å². The lowest BCUT2D eigenvalue weighted by Crippen LogP contribution is -2.41. The molecule has 2 aromatic carbocycles. The minimum Gasteiger partial charge on any atom is -0.493 e. The van der Waals surface area contributed by atoms with E-state index >= 15 is 0 Å². The fourth-order valence-corrected chi connectivity index (χ4v) is 3.83. The van der Waals surface area contributed by atoms with Gasteiger partial charge in [0.05, 0.1) is 32.6 Å². The summed E-state index contributed by atoms with van der Waals surface area (Å²) >= 11 is 3.47. The Morgan fingerprint density at radius 1 is 1.15 bits per heavy atom. The van der Waals surface area contributed by atoms with Crippen LogP contribution in [0.5, 0.6) is 11.5 Å². The van der Waals surface area contributed by atoms with E-state index in [2.05, 4.69) is 15.9 Å². The first-order valence-electron chi connectivity index (χ1n) is 8.81. The number of benzene rings is 2. The molecule has 0 unspecified atom stereocenters. The number of methoxy groups -OCH3 is 1. The maximum absolute atomic E-state index is 13.1. The van der Waals surface area contributed by atoms with Gasteiger partial charge in [0.2, 0.25) is 0 Å². The third-order valence-electron chi connectivity index (χ3n) is 4.68. The monoisotopic (exact) mass is 433 g/mol. The molecule has 1 spiro atoms. The van der Waals surface area contributed by atoms with Gasteiger partial charge in [-0.15, -0.1) is 0 Å². The summed E-state index contributed by atoms with van der Waals surface area (Å²) in [5, 5.41) is 0. The van der Waals surface area contributed by atoms with Gasteiger partial charge in [0.15, 0.2) is 11.5 Å². The Morgan fingerprint density at radius 3 is 2.63 bits per heavy atom. The number of carbonyl (C=O) groups excluding carboxylic acids is 1. The van der Waals surface area contributed by atoms with E-state index in [0.717, 1.165) is 15.7 Å². The minimum absolute atomic E-state index is 0.176. The van der Waals surface area contributed by atoms with Gasteiger partial charge in [0.25, 0.3) is 11.7 Å². The third kappa shape index (κ3) is 3.20. The first kappa shape index (κ1) is 18.3. The second-order valence-electron chi connectivity index (χ2n) is 6.28.